The molecule has 0 atom stereocenters. The Morgan fingerprint density at radius 1 is 0.900 bits per heavy atom. The van der Waals surface area contributed by atoms with Gasteiger partial charge in [-0.15, -0.1) is 0 Å². The first kappa shape index (κ1) is 12.6. The van der Waals surface area contributed by atoms with Crippen molar-refractivity contribution in [2.24, 2.45) is 0 Å². The molecule has 4 heteroatoms. The molecule has 3 nitrogen and oxygen atoms in total. The summed E-state index contributed by atoms with van der Waals surface area (Å²) >= 11 is 5.89. The van der Waals surface area contributed by atoms with Gasteiger partial charge in [-0.2, -0.15) is 0 Å². The molecule has 0 heterocycles. The Hall–Kier alpha value is -2.39. The predicted octanol–water partition coefficient (Wildman–Crippen LogP) is 5.07. The van der Waals surface area contributed by atoms with Gasteiger partial charge in [0.15, 0.2) is 0 Å². The minimum atomic E-state index is -0.351. The van der Waals surface area contributed by atoms with Gasteiger partial charge in [0.2, 0.25) is 0 Å². The van der Waals surface area contributed by atoms with Gasteiger partial charge in [-0.3, -0.25) is 10.1 Å². The van der Waals surface area contributed by atoms with Crippen molar-refractivity contribution < 1.29 is 4.92 Å². The van der Waals surface area contributed by atoms with Gasteiger partial charge in [-0.25, -0.2) is 0 Å². The summed E-state index contributed by atoms with van der Waals surface area (Å²) in [5.74, 6) is 0. The maximum Gasteiger partial charge on any atom is 0.277 e. The summed E-state index contributed by atoms with van der Waals surface area (Å²) < 4.78 is 0. The molecule has 0 amide bonds. The zero-order chi connectivity index (χ0) is 14.1. The molecule has 0 aliphatic carbocycles. The highest BCUT2D eigenvalue weighted by Crippen LogP contribution is 2.37. The molecule has 0 unspecified atom stereocenters. The second-order valence-corrected chi connectivity index (χ2v) is 4.88. The zero-order valence-corrected chi connectivity index (χ0v) is 11.2. The van der Waals surface area contributed by atoms with Crippen molar-refractivity contribution in [2.45, 2.75) is 0 Å². The summed E-state index contributed by atoms with van der Waals surface area (Å²) in [5.41, 5.74) is 1.52. The van der Waals surface area contributed by atoms with E-state index in [1.807, 2.05) is 24.3 Å². The quantitative estimate of drug-likeness (QED) is 0.487. The molecular weight excluding hydrogens is 274 g/mol. The Kier molecular flexibility index (Phi) is 3.12. The van der Waals surface area contributed by atoms with Gasteiger partial charge in [0, 0.05) is 11.1 Å². The molecule has 0 saturated heterocycles. The molecule has 0 fully saturated rings. The Morgan fingerprint density at radius 3 is 2.30 bits per heavy atom. The van der Waals surface area contributed by atoms with E-state index in [2.05, 4.69) is 0 Å². The van der Waals surface area contributed by atoms with Crippen LogP contribution < -0.4 is 0 Å². The van der Waals surface area contributed by atoms with E-state index in [1.54, 1.807) is 36.4 Å². The Morgan fingerprint density at radius 2 is 1.60 bits per heavy atom. The van der Waals surface area contributed by atoms with Gasteiger partial charge in [-0.1, -0.05) is 48.0 Å². The first-order valence-electron chi connectivity index (χ1n) is 6.09. The van der Waals surface area contributed by atoms with Crippen LogP contribution in [0.4, 0.5) is 5.69 Å². The molecule has 3 rings (SSSR count). The van der Waals surface area contributed by atoms with Crippen LogP contribution in [0.25, 0.3) is 21.9 Å². The van der Waals surface area contributed by atoms with Crippen LogP contribution in [-0.2, 0) is 0 Å². The summed E-state index contributed by atoms with van der Waals surface area (Å²) in [6, 6.07) is 18.0. The van der Waals surface area contributed by atoms with Crippen LogP contribution in [-0.4, -0.2) is 4.92 Å². The van der Waals surface area contributed by atoms with E-state index in [4.69, 9.17) is 11.6 Å². The van der Waals surface area contributed by atoms with Gasteiger partial charge in [0.25, 0.3) is 5.69 Å². The molecule has 0 N–H and O–H groups in total. The van der Waals surface area contributed by atoms with Crippen LogP contribution >= 0.6 is 11.6 Å². The summed E-state index contributed by atoms with van der Waals surface area (Å²) in [4.78, 5) is 10.9. The molecule has 98 valence electrons. The SMILES string of the molecule is O=[N+]([O-])c1ccc2ccccc2c1-c1ccc(Cl)cc1. The van der Waals surface area contributed by atoms with Gasteiger partial charge in [0.1, 0.15) is 0 Å². The Bertz CT molecular complexity index is 797. The van der Waals surface area contributed by atoms with Gasteiger partial charge in [-0.05, 0) is 34.5 Å². The Balaban J connectivity index is 2.38. The minimum absolute atomic E-state index is 0.103. The number of nitro benzene ring substituents is 1. The van der Waals surface area contributed by atoms with Crippen LogP contribution in [0.2, 0.25) is 5.02 Å². The third-order valence-electron chi connectivity index (χ3n) is 3.24. The van der Waals surface area contributed by atoms with E-state index in [-0.39, 0.29) is 10.6 Å². The van der Waals surface area contributed by atoms with E-state index in [0.29, 0.717) is 10.6 Å². The average molecular weight is 284 g/mol. The molecule has 3 aromatic rings. The molecule has 0 aliphatic heterocycles. The van der Waals surface area contributed by atoms with Crippen molar-refractivity contribution >= 4 is 28.1 Å². The smallest absolute Gasteiger partial charge is 0.258 e. The number of fused-ring (bicyclic) bond motifs is 1. The van der Waals surface area contributed by atoms with Crippen LogP contribution in [0, 0.1) is 10.1 Å². The lowest BCUT2D eigenvalue weighted by molar-refractivity contribution is -0.384. The summed E-state index contributed by atoms with van der Waals surface area (Å²) in [5, 5.41) is 13.7. The standard InChI is InChI=1S/C16H10ClNO2/c17-13-8-5-12(6-9-13)16-14-4-2-1-3-11(14)7-10-15(16)18(19)20/h1-10H. The molecule has 20 heavy (non-hydrogen) atoms. The number of rotatable bonds is 2. The summed E-state index contributed by atoms with van der Waals surface area (Å²) in [6.07, 6.45) is 0. The average Bonchev–Trinajstić information content (AvgIpc) is 2.47. The zero-order valence-electron chi connectivity index (χ0n) is 10.4. The second kappa shape index (κ2) is 4.94. The third kappa shape index (κ3) is 2.12. The van der Waals surface area contributed by atoms with E-state index in [1.165, 1.54) is 0 Å². The van der Waals surface area contributed by atoms with E-state index >= 15 is 0 Å². The molecule has 0 saturated carbocycles. The maximum atomic E-state index is 11.3. The molecule has 3 aromatic carbocycles. The van der Waals surface area contributed by atoms with Gasteiger partial charge in [0.05, 0.1) is 10.5 Å². The summed E-state index contributed by atoms with van der Waals surface area (Å²) in [6.45, 7) is 0. The molecule has 0 radical (unpaired) electrons. The van der Waals surface area contributed by atoms with E-state index in [0.717, 1.165) is 16.3 Å². The van der Waals surface area contributed by atoms with Crippen molar-refractivity contribution in [3.05, 3.63) is 75.8 Å². The fourth-order valence-corrected chi connectivity index (χ4v) is 2.46. The second-order valence-electron chi connectivity index (χ2n) is 4.44. The summed E-state index contributed by atoms with van der Waals surface area (Å²) in [7, 11) is 0. The molecule has 0 aliphatic rings. The van der Waals surface area contributed by atoms with E-state index < -0.39 is 0 Å². The molecular formula is C16H10ClNO2. The third-order valence-corrected chi connectivity index (χ3v) is 3.49. The van der Waals surface area contributed by atoms with Crippen molar-refractivity contribution in [1.29, 1.82) is 0 Å². The highest BCUT2D eigenvalue weighted by Gasteiger charge is 2.18. The number of nitrogens with zero attached hydrogens (tertiary/aromatic N) is 1. The fourth-order valence-electron chi connectivity index (χ4n) is 2.33. The molecule has 0 aromatic heterocycles. The number of halogens is 1. The predicted molar refractivity (Wildman–Crippen MR) is 81.0 cm³/mol. The fraction of sp³-hybridized carbons (Fsp3) is 0. The number of hydrogen-bond acceptors (Lipinski definition) is 2. The monoisotopic (exact) mass is 283 g/mol. The number of benzene rings is 3. The van der Waals surface area contributed by atoms with Crippen molar-refractivity contribution in [1.82, 2.24) is 0 Å². The maximum absolute atomic E-state index is 11.3. The molecule has 0 bridgehead atoms. The van der Waals surface area contributed by atoms with Gasteiger partial charge >= 0.3 is 0 Å². The molecule has 0 spiro atoms. The van der Waals surface area contributed by atoms with Crippen LogP contribution in [0.3, 0.4) is 0 Å². The van der Waals surface area contributed by atoms with Gasteiger partial charge < -0.3 is 0 Å². The topological polar surface area (TPSA) is 43.1 Å². The van der Waals surface area contributed by atoms with Crippen molar-refractivity contribution in [2.75, 3.05) is 0 Å². The van der Waals surface area contributed by atoms with Crippen LogP contribution in [0.1, 0.15) is 0 Å². The lowest BCUT2D eigenvalue weighted by Gasteiger charge is -2.08. The highest BCUT2D eigenvalue weighted by molar-refractivity contribution is 6.30. The first-order chi connectivity index (χ1) is 9.66. The lowest BCUT2D eigenvalue weighted by atomic mass is 9.96. The highest BCUT2D eigenvalue weighted by atomic mass is 35.5. The number of nitro groups is 1. The minimum Gasteiger partial charge on any atom is -0.258 e. The van der Waals surface area contributed by atoms with Crippen molar-refractivity contribution in [3.8, 4) is 11.1 Å². The van der Waals surface area contributed by atoms with E-state index in [9.17, 15) is 10.1 Å². The van der Waals surface area contributed by atoms with Crippen molar-refractivity contribution in [3.63, 3.8) is 0 Å². The number of hydrogen-bond donors (Lipinski definition) is 0. The largest absolute Gasteiger partial charge is 0.277 e. The Labute approximate surface area is 120 Å². The lowest BCUT2D eigenvalue weighted by Crippen LogP contribution is -1.93. The van der Waals surface area contributed by atoms with Crippen LogP contribution in [0.5, 0.6) is 0 Å². The van der Waals surface area contributed by atoms with Crippen LogP contribution in [0.15, 0.2) is 60.7 Å². The first-order valence-corrected chi connectivity index (χ1v) is 6.47. The normalized spacial score (nSPS) is 10.7.